The number of nitrogens with one attached hydrogen (secondary N) is 1. The number of hydrogen-bond acceptors (Lipinski definition) is 4. The van der Waals surface area contributed by atoms with Crippen molar-refractivity contribution < 1.29 is 17.9 Å². The molecule has 0 fully saturated rings. The monoisotopic (exact) mass is 362 g/mol. The van der Waals surface area contributed by atoms with Gasteiger partial charge in [0.2, 0.25) is 15.9 Å². The summed E-state index contributed by atoms with van der Waals surface area (Å²) in [6.07, 6.45) is 0. The summed E-state index contributed by atoms with van der Waals surface area (Å²) < 4.78 is 31.4. The van der Waals surface area contributed by atoms with Crippen LogP contribution in [-0.4, -0.2) is 38.8 Å². The number of rotatable bonds is 8. The van der Waals surface area contributed by atoms with E-state index in [4.69, 9.17) is 4.74 Å². The molecule has 2 aromatic rings. The minimum absolute atomic E-state index is 0.131. The number of likely N-dealkylation sites (N-methyl/N-ethyl adjacent to an activating group) is 1. The van der Waals surface area contributed by atoms with Crippen LogP contribution in [-0.2, 0) is 20.6 Å². The molecule has 0 aliphatic rings. The van der Waals surface area contributed by atoms with Crippen LogP contribution in [0.15, 0.2) is 54.6 Å². The Kier molecular flexibility index (Phi) is 6.55. The zero-order valence-electron chi connectivity index (χ0n) is 14.3. The van der Waals surface area contributed by atoms with E-state index >= 15 is 0 Å². The number of carbonyl (C=O) groups is 1. The van der Waals surface area contributed by atoms with Crippen molar-refractivity contribution in [2.24, 2.45) is 0 Å². The number of ether oxygens (including phenoxy) is 1. The fourth-order valence-electron chi connectivity index (χ4n) is 2.34. The number of benzene rings is 2. The second kappa shape index (κ2) is 8.64. The van der Waals surface area contributed by atoms with Crippen LogP contribution in [0, 0.1) is 0 Å². The maximum atomic E-state index is 12.5. The summed E-state index contributed by atoms with van der Waals surface area (Å²) in [5.41, 5.74) is 1.25. The van der Waals surface area contributed by atoms with Crippen molar-refractivity contribution in [3.8, 4) is 5.75 Å². The maximum Gasteiger partial charge on any atom is 0.239 e. The van der Waals surface area contributed by atoms with Gasteiger partial charge in [-0.2, -0.15) is 4.31 Å². The molecule has 0 saturated heterocycles. The van der Waals surface area contributed by atoms with Crippen LogP contribution < -0.4 is 10.1 Å². The lowest BCUT2D eigenvalue weighted by Gasteiger charge is -2.20. The van der Waals surface area contributed by atoms with Gasteiger partial charge in [-0.3, -0.25) is 4.79 Å². The third-order valence-electron chi connectivity index (χ3n) is 3.61. The Hall–Kier alpha value is -2.38. The molecule has 7 heteroatoms. The first-order chi connectivity index (χ1) is 11.9. The van der Waals surface area contributed by atoms with E-state index < -0.39 is 15.9 Å². The van der Waals surface area contributed by atoms with Crippen LogP contribution in [0.1, 0.15) is 12.5 Å². The van der Waals surface area contributed by atoms with Gasteiger partial charge in [-0.05, 0) is 17.7 Å². The minimum atomic E-state index is -3.58. The van der Waals surface area contributed by atoms with Gasteiger partial charge in [0.05, 0.1) is 19.4 Å². The van der Waals surface area contributed by atoms with Gasteiger partial charge < -0.3 is 10.1 Å². The van der Waals surface area contributed by atoms with Gasteiger partial charge in [-0.15, -0.1) is 0 Å². The smallest absolute Gasteiger partial charge is 0.239 e. The second-order valence-corrected chi connectivity index (χ2v) is 7.42. The maximum absolute atomic E-state index is 12.5. The van der Waals surface area contributed by atoms with Crippen molar-refractivity contribution in [2.45, 2.75) is 12.7 Å². The van der Waals surface area contributed by atoms with E-state index in [2.05, 4.69) is 5.32 Å². The first-order valence-electron chi connectivity index (χ1n) is 7.90. The molecule has 1 amide bonds. The lowest BCUT2D eigenvalue weighted by atomic mass is 10.2. The van der Waals surface area contributed by atoms with Crippen molar-refractivity contribution in [3.63, 3.8) is 0 Å². The topological polar surface area (TPSA) is 75.7 Å². The van der Waals surface area contributed by atoms with E-state index in [-0.39, 0.29) is 18.8 Å². The Morgan fingerprint density at radius 1 is 1.12 bits per heavy atom. The highest BCUT2D eigenvalue weighted by Crippen LogP contribution is 2.17. The number of hydrogen-bond donors (Lipinski definition) is 1. The molecule has 0 aliphatic heterocycles. The Labute approximate surface area is 148 Å². The van der Waals surface area contributed by atoms with Gasteiger partial charge in [-0.25, -0.2) is 8.42 Å². The van der Waals surface area contributed by atoms with Gasteiger partial charge in [0, 0.05) is 18.3 Å². The minimum Gasteiger partial charge on any atom is -0.497 e. The summed E-state index contributed by atoms with van der Waals surface area (Å²) >= 11 is 0. The molecule has 25 heavy (non-hydrogen) atoms. The number of nitrogens with zero attached hydrogens (tertiary/aromatic N) is 1. The number of carbonyl (C=O) groups excluding carboxylic acids is 1. The largest absolute Gasteiger partial charge is 0.497 e. The normalized spacial score (nSPS) is 11.3. The molecule has 6 nitrogen and oxygen atoms in total. The lowest BCUT2D eigenvalue weighted by molar-refractivity contribution is -0.116. The zero-order valence-corrected chi connectivity index (χ0v) is 15.1. The van der Waals surface area contributed by atoms with Crippen LogP contribution in [0.5, 0.6) is 5.75 Å². The number of methoxy groups -OCH3 is 1. The van der Waals surface area contributed by atoms with Crippen LogP contribution in [0.4, 0.5) is 5.69 Å². The molecule has 0 heterocycles. The average Bonchev–Trinajstić information content (AvgIpc) is 2.60. The van der Waals surface area contributed by atoms with Crippen molar-refractivity contribution in [1.29, 1.82) is 0 Å². The molecule has 0 unspecified atom stereocenters. The van der Waals surface area contributed by atoms with E-state index in [0.717, 1.165) is 0 Å². The molecule has 2 rings (SSSR count). The summed E-state index contributed by atoms with van der Waals surface area (Å²) in [4.78, 5) is 12.2. The first kappa shape index (κ1) is 19.0. The fourth-order valence-corrected chi connectivity index (χ4v) is 3.85. The van der Waals surface area contributed by atoms with E-state index in [1.807, 2.05) is 6.07 Å². The third kappa shape index (κ3) is 5.58. The summed E-state index contributed by atoms with van der Waals surface area (Å²) in [5.74, 6) is 0.0855. The Bertz CT molecular complexity index is 807. The lowest BCUT2D eigenvalue weighted by Crippen LogP contribution is -2.38. The SMILES string of the molecule is CCN(CC(=O)Nc1cccc(OC)c1)S(=O)(=O)Cc1ccccc1. The molecule has 1 N–H and O–H groups in total. The summed E-state index contributed by atoms with van der Waals surface area (Å²) in [6, 6.07) is 15.8. The van der Waals surface area contributed by atoms with Crippen molar-refractivity contribution in [1.82, 2.24) is 4.31 Å². The van der Waals surface area contributed by atoms with Crippen LogP contribution >= 0.6 is 0 Å². The van der Waals surface area contributed by atoms with E-state index in [9.17, 15) is 13.2 Å². The van der Waals surface area contributed by atoms with Gasteiger partial charge >= 0.3 is 0 Å². The van der Waals surface area contributed by atoms with Crippen molar-refractivity contribution >= 4 is 21.6 Å². The molecular formula is C18H22N2O4S. The van der Waals surface area contributed by atoms with Crippen molar-refractivity contribution in [3.05, 3.63) is 60.2 Å². The Morgan fingerprint density at radius 3 is 2.48 bits per heavy atom. The quantitative estimate of drug-likeness (QED) is 0.783. The van der Waals surface area contributed by atoms with Gasteiger partial charge in [-0.1, -0.05) is 43.3 Å². The Morgan fingerprint density at radius 2 is 1.84 bits per heavy atom. The molecule has 0 atom stereocenters. The van der Waals surface area contributed by atoms with Crippen LogP contribution in [0.3, 0.4) is 0 Å². The Balaban J connectivity index is 2.03. The van der Waals surface area contributed by atoms with E-state index in [0.29, 0.717) is 17.0 Å². The molecule has 0 aliphatic carbocycles. The van der Waals surface area contributed by atoms with Gasteiger partial charge in [0.25, 0.3) is 0 Å². The van der Waals surface area contributed by atoms with E-state index in [1.165, 1.54) is 11.4 Å². The summed E-state index contributed by atoms with van der Waals surface area (Å²) in [6.45, 7) is 1.70. The molecule has 134 valence electrons. The average molecular weight is 362 g/mol. The third-order valence-corrected chi connectivity index (χ3v) is 5.48. The molecule has 0 aromatic heterocycles. The molecule has 0 spiro atoms. The highest BCUT2D eigenvalue weighted by molar-refractivity contribution is 7.88. The number of anilines is 1. The summed E-state index contributed by atoms with van der Waals surface area (Å²) in [5, 5.41) is 2.69. The van der Waals surface area contributed by atoms with Gasteiger partial charge in [0.1, 0.15) is 5.75 Å². The van der Waals surface area contributed by atoms with Crippen LogP contribution in [0.25, 0.3) is 0 Å². The molecule has 0 bridgehead atoms. The zero-order chi connectivity index (χ0) is 18.3. The number of sulfonamides is 1. The highest BCUT2D eigenvalue weighted by atomic mass is 32.2. The second-order valence-electron chi connectivity index (χ2n) is 5.45. The van der Waals surface area contributed by atoms with E-state index in [1.54, 1.807) is 55.5 Å². The fraction of sp³-hybridized carbons (Fsp3) is 0.278. The molecule has 0 saturated carbocycles. The predicted molar refractivity (Wildman–Crippen MR) is 97.9 cm³/mol. The molecule has 0 radical (unpaired) electrons. The molecule has 2 aromatic carbocycles. The number of amides is 1. The summed E-state index contributed by atoms with van der Waals surface area (Å²) in [7, 11) is -2.04. The first-order valence-corrected chi connectivity index (χ1v) is 9.51. The predicted octanol–water partition coefficient (Wildman–Crippen LogP) is 2.49. The standard InChI is InChI=1S/C18H22N2O4S/c1-3-20(25(22,23)14-15-8-5-4-6-9-15)13-18(21)19-16-10-7-11-17(12-16)24-2/h4-12H,3,13-14H2,1-2H3,(H,19,21). The highest BCUT2D eigenvalue weighted by Gasteiger charge is 2.23. The molecular weight excluding hydrogens is 340 g/mol. The van der Waals surface area contributed by atoms with Crippen LogP contribution in [0.2, 0.25) is 0 Å². The van der Waals surface area contributed by atoms with Crippen molar-refractivity contribution in [2.75, 3.05) is 25.5 Å². The van der Waals surface area contributed by atoms with Gasteiger partial charge in [0.15, 0.2) is 0 Å².